The maximum Gasteiger partial charge on any atom is 0.246 e. The van der Waals surface area contributed by atoms with Crippen LogP contribution in [0.1, 0.15) is 32.4 Å². The molecule has 1 unspecified atom stereocenters. The Kier molecular flexibility index (Phi) is 6.22. The smallest absolute Gasteiger partial charge is 0.246 e. The summed E-state index contributed by atoms with van der Waals surface area (Å²) in [5.74, 6) is -0.0786. The second-order valence-electron chi connectivity index (χ2n) is 4.42. The maximum atomic E-state index is 11.6. The van der Waals surface area contributed by atoms with Crippen LogP contribution in [0.25, 0.3) is 0 Å². The average molecular weight is 267 g/mol. The third kappa shape index (κ3) is 5.10. The first-order chi connectivity index (χ1) is 8.52. The molecule has 4 heteroatoms. The highest BCUT2D eigenvalue weighted by Crippen LogP contribution is 2.18. The molecule has 1 aromatic carbocycles. The lowest BCUT2D eigenvalue weighted by atomic mass is 10.1. The van der Waals surface area contributed by atoms with E-state index in [4.69, 9.17) is 4.74 Å². The number of thioether (sulfide) groups is 1. The fraction of sp³-hybridized carbons (Fsp3) is 0.500. The minimum Gasteiger partial charge on any atom is -0.369 e. The molecule has 0 saturated heterocycles. The SMILES string of the molecule is CSc1ccc(C(C)NC(=O)COC(C)C)cc1. The maximum absolute atomic E-state index is 11.6. The molecule has 0 saturated carbocycles. The van der Waals surface area contributed by atoms with E-state index in [1.165, 1.54) is 4.90 Å². The number of hydrogen-bond acceptors (Lipinski definition) is 3. The third-order valence-corrected chi connectivity index (χ3v) is 3.28. The molecular weight excluding hydrogens is 246 g/mol. The molecule has 1 aromatic rings. The number of benzene rings is 1. The summed E-state index contributed by atoms with van der Waals surface area (Å²) in [4.78, 5) is 12.8. The monoisotopic (exact) mass is 267 g/mol. The number of hydrogen-bond donors (Lipinski definition) is 1. The highest BCUT2D eigenvalue weighted by atomic mass is 32.2. The van der Waals surface area contributed by atoms with Gasteiger partial charge < -0.3 is 10.1 Å². The highest BCUT2D eigenvalue weighted by Gasteiger charge is 2.10. The van der Waals surface area contributed by atoms with E-state index in [1.54, 1.807) is 11.8 Å². The minimum absolute atomic E-state index is 0.00386. The molecular formula is C14H21NO2S. The highest BCUT2D eigenvalue weighted by molar-refractivity contribution is 7.98. The number of rotatable bonds is 6. The van der Waals surface area contributed by atoms with Gasteiger partial charge in [-0.3, -0.25) is 4.79 Å². The van der Waals surface area contributed by atoms with Crippen molar-refractivity contribution in [3.63, 3.8) is 0 Å². The molecule has 0 radical (unpaired) electrons. The van der Waals surface area contributed by atoms with Crippen LogP contribution in [-0.2, 0) is 9.53 Å². The summed E-state index contributed by atoms with van der Waals surface area (Å²) in [6.07, 6.45) is 2.12. The van der Waals surface area contributed by atoms with Crippen LogP contribution in [0, 0.1) is 0 Å². The third-order valence-electron chi connectivity index (χ3n) is 2.54. The fourth-order valence-corrected chi connectivity index (χ4v) is 1.91. The zero-order chi connectivity index (χ0) is 13.5. The number of ether oxygens (including phenoxy) is 1. The van der Waals surface area contributed by atoms with Crippen molar-refractivity contribution in [1.82, 2.24) is 5.32 Å². The standard InChI is InChI=1S/C14H21NO2S/c1-10(2)17-9-14(16)15-11(3)12-5-7-13(18-4)8-6-12/h5-8,10-11H,9H2,1-4H3,(H,15,16). The van der Waals surface area contributed by atoms with Gasteiger partial charge in [-0.15, -0.1) is 11.8 Å². The molecule has 0 aliphatic rings. The zero-order valence-electron chi connectivity index (χ0n) is 11.4. The Hall–Kier alpha value is -1.00. The minimum atomic E-state index is -0.0786. The Balaban J connectivity index is 2.48. The summed E-state index contributed by atoms with van der Waals surface area (Å²) >= 11 is 1.71. The normalized spacial score (nSPS) is 12.5. The first-order valence-electron chi connectivity index (χ1n) is 6.08. The van der Waals surface area contributed by atoms with Crippen molar-refractivity contribution in [2.24, 2.45) is 0 Å². The summed E-state index contributed by atoms with van der Waals surface area (Å²) in [7, 11) is 0. The van der Waals surface area contributed by atoms with Crippen molar-refractivity contribution < 1.29 is 9.53 Å². The Morgan fingerprint density at radius 1 is 1.28 bits per heavy atom. The molecule has 0 aromatic heterocycles. The first-order valence-corrected chi connectivity index (χ1v) is 7.30. The summed E-state index contributed by atoms with van der Waals surface area (Å²) in [5, 5.41) is 2.92. The summed E-state index contributed by atoms with van der Waals surface area (Å²) < 4.78 is 5.26. The second-order valence-corrected chi connectivity index (χ2v) is 5.30. The van der Waals surface area contributed by atoms with Gasteiger partial charge in [0, 0.05) is 4.90 Å². The van der Waals surface area contributed by atoms with Gasteiger partial charge >= 0.3 is 0 Å². The van der Waals surface area contributed by atoms with E-state index in [2.05, 4.69) is 17.4 Å². The Bertz CT molecular complexity index is 376. The lowest BCUT2D eigenvalue weighted by molar-refractivity contribution is -0.127. The van der Waals surface area contributed by atoms with E-state index >= 15 is 0 Å². The van der Waals surface area contributed by atoms with Crippen LogP contribution in [0.4, 0.5) is 0 Å². The van der Waals surface area contributed by atoms with Gasteiger partial charge in [-0.1, -0.05) is 12.1 Å². The van der Waals surface area contributed by atoms with E-state index in [0.717, 1.165) is 5.56 Å². The molecule has 0 aliphatic heterocycles. The van der Waals surface area contributed by atoms with Gasteiger partial charge in [0.15, 0.2) is 0 Å². The molecule has 0 bridgehead atoms. The van der Waals surface area contributed by atoms with Crippen molar-refractivity contribution in [2.45, 2.75) is 37.8 Å². The fourth-order valence-electron chi connectivity index (χ4n) is 1.50. The zero-order valence-corrected chi connectivity index (χ0v) is 12.2. The molecule has 0 fully saturated rings. The van der Waals surface area contributed by atoms with Crippen LogP contribution >= 0.6 is 11.8 Å². The van der Waals surface area contributed by atoms with Crippen LogP contribution in [0.5, 0.6) is 0 Å². The van der Waals surface area contributed by atoms with E-state index in [9.17, 15) is 4.79 Å². The number of carbonyl (C=O) groups excluding carboxylic acids is 1. The molecule has 0 aliphatic carbocycles. The lowest BCUT2D eigenvalue weighted by Gasteiger charge is -2.15. The van der Waals surface area contributed by atoms with Crippen molar-refractivity contribution in [3.05, 3.63) is 29.8 Å². The lowest BCUT2D eigenvalue weighted by Crippen LogP contribution is -2.31. The molecule has 0 heterocycles. The van der Waals surface area contributed by atoms with Crippen molar-refractivity contribution in [2.75, 3.05) is 12.9 Å². The van der Waals surface area contributed by atoms with Crippen molar-refractivity contribution in [1.29, 1.82) is 0 Å². The summed E-state index contributed by atoms with van der Waals surface area (Å²) in [6.45, 7) is 5.92. The van der Waals surface area contributed by atoms with Gasteiger partial charge in [0.1, 0.15) is 6.61 Å². The first kappa shape index (κ1) is 15.1. The van der Waals surface area contributed by atoms with Crippen molar-refractivity contribution >= 4 is 17.7 Å². The van der Waals surface area contributed by atoms with Crippen LogP contribution in [-0.4, -0.2) is 24.9 Å². The Morgan fingerprint density at radius 3 is 2.39 bits per heavy atom. The van der Waals surface area contributed by atoms with Crippen LogP contribution in [0.3, 0.4) is 0 Å². The van der Waals surface area contributed by atoms with E-state index in [0.29, 0.717) is 0 Å². The topological polar surface area (TPSA) is 38.3 Å². The predicted molar refractivity (Wildman–Crippen MR) is 75.9 cm³/mol. The molecule has 0 spiro atoms. The van der Waals surface area contributed by atoms with E-state index in [-0.39, 0.29) is 24.7 Å². The van der Waals surface area contributed by atoms with Gasteiger partial charge in [-0.25, -0.2) is 0 Å². The Morgan fingerprint density at radius 2 is 1.89 bits per heavy atom. The number of amides is 1. The summed E-state index contributed by atoms with van der Waals surface area (Å²) in [5.41, 5.74) is 1.10. The van der Waals surface area contributed by atoms with Gasteiger partial charge in [-0.05, 0) is 44.7 Å². The van der Waals surface area contributed by atoms with Crippen LogP contribution < -0.4 is 5.32 Å². The summed E-state index contributed by atoms with van der Waals surface area (Å²) in [6, 6.07) is 8.21. The van der Waals surface area contributed by atoms with Gasteiger partial charge in [0.25, 0.3) is 0 Å². The number of nitrogens with one attached hydrogen (secondary N) is 1. The molecule has 1 atom stereocenters. The molecule has 18 heavy (non-hydrogen) atoms. The number of carbonyl (C=O) groups is 1. The average Bonchev–Trinajstić information content (AvgIpc) is 2.36. The van der Waals surface area contributed by atoms with Crippen molar-refractivity contribution in [3.8, 4) is 0 Å². The second kappa shape index (κ2) is 7.44. The van der Waals surface area contributed by atoms with Crippen LogP contribution in [0.2, 0.25) is 0 Å². The molecule has 1 amide bonds. The van der Waals surface area contributed by atoms with E-state index < -0.39 is 0 Å². The van der Waals surface area contributed by atoms with Crippen LogP contribution in [0.15, 0.2) is 29.2 Å². The largest absolute Gasteiger partial charge is 0.369 e. The molecule has 1 rings (SSSR count). The van der Waals surface area contributed by atoms with Gasteiger partial charge in [0.05, 0.1) is 12.1 Å². The molecule has 100 valence electrons. The predicted octanol–water partition coefficient (Wildman–Crippen LogP) is 3.01. The van der Waals surface area contributed by atoms with Gasteiger partial charge in [-0.2, -0.15) is 0 Å². The van der Waals surface area contributed by atoms with E-state index in [1.807, 2.05) is 39.2 Å². The Labute approximate surface area is 113 Å². The molecule has 3 nitrogen and oxygen atoms in total. The quantitative estimate of drug-likeness (QED) is 0.805. The molecule has 1 N–H and O–H groups in total. The van der Waals surface area contributed by atoms with Gasteiger partial charge in [0.2, 0.25) is 5.91 Å².